The van der Waals surface area contributed by atoms with Crippen molar-refractivity contribution in [3.63, 3.8) is 0 Å². The Morgan fingerprint density at radius 2 is 1.70 bits per heavy atom. The third-order valence-electron chi connectivity index (χ3n) is 5.13. The second-order valence-corrected chi connectivity index (χ2v) is 5.08. The fourth-order valence-electron chi connectivity index (χ4n) is 4.03. The zero-order valence-electron chi connectivity index (χ0n) is 6.85. The van der Waals surface area contributed by atoms with Crippen LogP contribution in [0.2, 0.25) is 0 Å². The van der Waals surface area contributed by atoms with Crippen molar-refractivity contribution >= 4 is 0 Å². The summed E-state index contributed by atoms with van der Waals surface area (Å²) in [5.74, 6) is 3.15. The lowest BCUT2D eigenvalue weighted by molar-refractivity contribution is 0.241. The molecule has 3 unspecified atom stereocenters. The first-order valence-corrected chi connectivity index (χ1v) is 4.44. The highest BCUT2D eigenvalue weighted by Crippen LogP contribution is 2.85. The molecule has 4 aliphatic rings. The van der Waals surface area contributed by atoms with Crippen molar-refractivity contribution < 1.29 is 0 Å². The summed E-state index contributed by atoms with van der Waals surface area (Å²) in [6.07, 6.45) is 3.00. The second-order valence-electron chi connectivity index (χ2n) is 5.08. The molecule has 0 aromatic rings. The highest BCUT2D eigenvalue weighted by Gasteiger charge is 2.79. The molecule has 1 radical (unpaired) electrons. The van der Waals surface area contributed by atoms with E-state index in [4.69, 9.17) is 0 Å². The summed E-state index contributed by atoms with van der Waals surface area (Å²) in [6.45, 7) is 9.23. The smallest absolute Gasteiger partial charge is 0.0207 e. The van der Waals surface area contributed by atoms with Crippen LogP contribution in [0, 0.1) is 35.5 Å². The zero-order valence-corrected chi connectivity index (χ0v) is 6.85. The van der Waals surface area contributed by atoms with Gasteiger partial charge in [-0.25, -0.2) is 0 Å². The van der Waals surface area contributed by atoms with E-state index in [1.165, 1.54) is 12.8 Å². The van der Waals surface area contributed by atoms with Gasteiger partial charge >= 0.3 is 0 Å². The SMILES string of the molecule is [CH2]C1(C)C2CC3C(C2)C31C. The molecule has 0 N–H and O–H groups in total. The molecule has 0 nitrogen and oxygen atoms in total. The molecule has 0 spiro atoms. The maximum absolute atomic E-state index is 4.39. The highest BCUT2D eigenvalue weighted by atomic mass is 14.8. The molecule has 55 valence electrons. The summed E-state index contributed by atoms with van der Waals surface area (Å²) >= 11 is 0. The molecule has 3 atom stereocenters. The van der Waals surface area contributed by atoms with E-state index in [0.29, 0.717) is 10.8 Å². The van der Waals surface area contributed by atoms with Gasteiger partial charge in [0.1, 0.15) is 0 Å². The Balaban J connectivity index is 2.17. The Kier molecular flexibility index (Phi) is 0.612. The molecule has 4 rings (SSSR count). The topological polar surface area (TPSA) is 0 Å². The van der Waals surface area contributed by atoms with Crippen molar-refractivity contribution in [1.82, 2.24) is 0 Å². The van der Waals surface area contributed by atoms with E-state index >= 15 is 0 Å². The largest absolute Gasteiger partial charge is 0.0588 e. The van der Waals surface area contributed by atoms with Crippen molar-refractivity contribution in [2.24, 2.45) is 28.6 Å². The summed E-state index contributed by atoms with van der Waals surface area (Å²) in [7, 11) is 0. The number of hydrogen-bond acceptors (Lipinski definition) is 0. The first-order valence-electron chi connectivity index (χ1n) is 4.44. The van der Waals surface area contributed by atoms with Gasteiger partial charge in [-0.3, -0.25) is 0 Å². The molecule has 0 heterocycles. The van der Waals surface area contributed by atoms with Crippen LogP contribution in [-0.2, 0) is 0 Å². The van der Waals surface area contributed by atoms with E-state index in [9.17, 15) is 0 Å². The standard InChI is InChI=1S/C10H15/c1-9(2)6-4-7-8(5-6)10(7,9)3/h6-8H,1,4-5H2,2-3H3. The molecule has 0 amide bonds. The highest BCUT2D eigenvalue weighted by molar-refractivity contribution is 5.29. The van der Waals surface area contributed by atoms with E-state index in [0.717, 1.165) is 17.8 Å². The van der Waals surface area contributed by atoms with E-state index < -0.39 is 0 Å². The van der Waals surface area contributed by atoms with Crippen molar-refractivity contribution in [1.29, 1.82) is 0 Å². The molecule has 0 aliphatic heterocycles. The van der Waals surface area contributed by atoms with Gasteiger partial charge in [-0.05, 0) is 48.3 Å². The molecule has 0 aromatic heterocycles. The predicted octanol–water partition coefficient (Wildman–Crippen LogP) is 2.50. The van der Waals surface area contributed by atoms with E-state index in [2.05, 4.69) is 20.8 Å². The van der Waals surface area contributed by atoms with Crippen LogP contribution in [0.3, 0.4) is 0 Å². The number of rotatable bonds is 0. The zero-order chi connectivity index (χ0) is 7.15. The summed E-state index contributed by atoms with van der Waals surface area (Å²) in [4.78, 5) is 0. The lowest BCUT2D eigenvalue weighted by Crippen LogP contribution is -2.22. The molecular formula is C10H15. The van der Waals surface area contributed by atoms with Gasteiger partial charge in [0.15, 0.2) is 0 Å². The fraction of sp³-hybridized carbons (Fsp3) is 0.900. The lowest BCUT2D eigenvalue weighted by atomic mass is 9.76. The van der Waals surface area contributed by atoms with Crippen LogP contribution in [-0.4, -0.2) is 0 Å². The Bertz CT molecular complexity index is 187. The van der Waals surface area contributed by atoms with Crippen LogP contribution in [0.5, 0.6) is 0 Å². The van der Waals surface area contributed by atoms with E-state index in [-0.39, 0.29) is 0 Å². The summed E-state index contributed by atoms with van der Waals surface area (Å²) in [6, 6.07) is 0. The van der Waals surface area contributed by atoms with Crippen molar-refractivity contribution in [3.05, 3.63) is 6.92 Å². The molecule has 0 aromatic carbocycles. The van der Waals surface area contributed by atoms with Gasteiger partial charge in [0.05, 0.1) is 0 Å². The third kappa shape index (κ3) is 0.286. The predicted molar refractivity (Wildman–Crippen MR) is 41.3 cm³/mol. The lowest BCUT2D eigenvalue weighted by Gasteiger charge is -2.28. The van der Waals surface area contributed by atoms with Crippen LogP contribution < -0.4 is 0 Å². The first kappa shape index (κ1) is 5.62. The van der Waals surface area contributed by atoms with Gasteiger partial charge < -0.3 is 0 Å². The van der Waals surface area contributed by atoms with Crippen LogP contribution in [0.1, 0.15) is 26.7 Å². The molecule has 10 heavy (non-hydrogen) atoms. The Morgan fingerprint density at radius 3 is 1.80 bits per heavy atom. The fourth-order valence-corrected chi connectivity index (χ4v) is 4.03. The quantitative estimate of drug-likeness (QED) is 0.478. The van der Waals surface area contributed by atoms with E-state index in [1.54, 1.807) is 0 Å². The van der Waals surface area contributed by atoms with Gasteiger partial charge in [-0.1, -0.05) is 13.8 Å². The van der Waals surface area contributed by atoms with Crippen molar-refractivity contribution in [2.45, 2.75) is 26.7 Å². The number of hydrogen-bond donors (Lipinski definition) is 0. The van der Waals surface area contributed by atoms with Gasteiger partial charge in [0, 0.05) is 0 Å². The summed E-state index contributed by atoms with van der Waals surface area (Å²) in [5.41, 5.74) is 1.12. The Hall–Kier alpha value is 0. The van der Waals surface area contributed by atoms with Gasteiger partial charge in [0.2, 0.25) is 0 Å². The van der Waals surface area contributed by atoms with Gasteiger partial charge in [-0.15, -0.1) is 0 Å². The average molecular weight is 135 g/mol. The second kappa shape index (κ2) is 1.09. The molecule has 4 fully saturated rings. The molecule has 0 saturated heterocycles. The first-order chi connectivity index (χ1) is 4.58. The Labute approximate surface area is 63.0 Å². The minimum absolute atomic E-state index is 0.447. The van der Waals surface area contributed by atoms with Crippen molar-refractivity contribution in [3.8, 4) is 0 Å². The maximum Gasteiger partial charge on any atom is -0.0207 e. The minimum Gasteiger partial charge on any atom is -0.0588 e. The van der Waals surface area contributed by atoms with Gasteiger partial charge in [0.25, 0.3) is 0 Å². The molecular weight excluding hydrogens is 120 g/mol. The van der Waals surface area contributed by atoms with Crippen LogP contribution in [0.4, 0.5) is 0 Å². The average Bonchev–Trinajstić information content (AvgIpc) is 2.30. The minimum atomic E-state index is 0.447. The van der Waals surface area contributed by atoms with Crippen LogP contribution in [0.15, 0.2) is 0 Å². The molecule has 4 bridgehead atoms. The normalized spacial score (nSPS) is 66.9. The van der Waals surface area contributed by atoms with E-state index in [1.807, 2.05) is 0 Å². The van der Waals surface area contributed by atoms with Crippen LogP contribution >= 0.6 is 0 Å². The molecule has 4 saturated carbocycles. The van der Waals surface area contributed by atoms with Crippen molar-refractivity contribution in [2.75, 3.05) is 0 Å². The molecule has 4 aliphatic carbocycles. The maximum atomic E-state index is 4.39. The van der Waals surface area contributed by atoms with Gasteiger partial charge in [-0.2, -0.15) is 0 Å². The van der Waals surface area contributed by atoms with Crippen LogP contribution in [0.25, 0.3) is 0 Å². The molecule has 0 heteroatoms. The summed E-state index contributed by atoms with van der Waals surface area (Å²) < 4.78 is 0. The summed E-state index contributed by atoms with van der Waals surface area (Å²) in [5, 5.41) is 0. The monoisotopic (exact) mass is 135 g/mol. The third-order valence-corrected chi connectivity index (χ3v) is 5.13. The Morgan fingerprint density at radius 1 is 1.20 bits per heavy atom.